The highest BCUT2D eigenvalue weighted by Gasteiger charge is 2.04. The second kappa shape index (κ2) is 4.22. The summed E-state index contributed by atoms with van der Waals surface area (Å²) < 4.78 is 9.64. The summed E-state index contributed by atoms with van der Waals surface area (Å²) in [5.74, 6) is 0.799. The molecule has 0 radical (unpaired) electrons. The summed E-state index contributed by atoms with van der Waals surface area (Å²) in [5, 5.41) is 3.61. The number of aromatic amines is 1. The number of ether oxygens (including phenoxy) is 1. The van der Waals surface area contributed by atoms with Gasteiger partial charge in [-0.1, -0.05) is 17.3 Å². The second-order valence-corrected chi connectivity index (χ2v) is 3.52. The predicted octanol–water partition coefficient (Wildman–Crippen LogP) is 1.27. The van der Waals surface area contributed by atoms with Gasteiger partial charge in [-0.05, 0) is 24.1 Å². The van der Waals surface area contributed by atoms with Gasteiger partial charge < -0.3 is 4.74 Å². The van der Waals surface area contributed by atoms with Gasteiger partial charge in [0.2, 0.25) is 0 Å². The molecule has 0 atom stereocenters. The molecule has 1 N–H and O–H groups in total. The third kappa shape index (κ3) is 2.13. The molecule has 2 rings (SSSR count). The number of rotatable bonds is 3. The minimum atomic E-state index is -0.533. The zero-order valence-electron chi connectivity index (χ0n) is 9.11. The fourth-order valence-electron chi connectivity index (χ4n) is 1.50. The number of H-pyrrole nitrogens is 1. The smallest absolute Gasteiger partial charge is 0.438 e. The van der Waals surface area contributed by atoms with Crippen molar-refractivity contribution in [3.8, 4) is 5.75 Å². The summed E-state index contributed by atoms with van der Waals surface area (Å²) in [5.41, 5.74) is 2.08. The van der Waals surface area contributed by atoms with Crippen LogP contribution in [0.2, 0.25) is 0 Å². The Morgan fingerprint density at radius 1 is 1.50 bits per heavy atom. The van der Waals surface area contributed by atoms with Gasteiger partial charge >= 0.3 is 5.76 Å². The maximum absolute atomic E-state index is 10.7. The summed E-state index contributed by atoms with van der Waals surface area (Å²) in [6, 6.07) is 5.85. The number of methoxy groups -OCH3 is 1. The van der Waals surface area contributed by atoms with Gasteiger partial charge in [0.25, 0.3) is 0 Å². The third-order valence-corrected chi connectivity index (χ3v) is 2.33. The van der Waals surface area contributed by atoms with Crippen LogP contribution in [-0.4, -0.2) is 17.3 Å². The van der Waals surface area contributed by atoms with Gasteiger partial charge in [-0.3, -0.25) is 9.51 Å². The first kappa shape index (κ1) is 10.5. The number of hydrogen-bond acceptors (Lipinski definition) is 4. The zero-order chi connectivity index (χ0) is 11.5. The van der Waals surface area contributed by atoms with Gasteiger partial charge in [0, 0.05) is 6.42 Å². The molecule has 0 aliphatic heterocycles. The van der Waals surface area contributed by atoms with Crippen molar-refractivity contribution >= 4 is 0 Å². The lowest BCUT2D eigenvalue weighted by molar-refractivity contribution is 0.382. The van der Waals surface area contributed by atoms with E-state index >= 15 is 0 Å². The van der Waals surface area contributed by atoms with Gasteiger partial charge in [-0.15, -0.1) is 0 Å². The predicted molar refractivity (Wildman–Crippen MR) is 57.7 cm³/mol. The Labute approximate surface area is 92.0 Å². The van der Waals surface area contributed by atoms with E-state index in [-0.39, 0.29) is 0 Å². The summed E-state index contributed by atoms with van der Waals surface area (Å²) in [4.78, 5) is 13.3. The highest BCUT2D eigenvalue weighted by molar-refractivity contribution is 5.37. The molecule has 5 heteroatoms. The van der Waals surface area contributed by atoms with E-state index in [2.05, 4.69) is 14.7 Å². The number of nitrogens with zero attached hydrogens (tertiary/aromatic N) is 1. The van der Waals surface area contributed by atoms with E-state index in [1.165, 1.54) is 0 Å². The molecule has 0 saturated carbocycles. The normalized spacial score (nSPS) is 10.4. The van der Waals surface area contributed by atoms with Crippen LogP contribution in [0.25, 0.3) is 0 Å². The molecule has 0 saturated heterocycles. The number of hydrogen-bond donors (Lipinski definition) is 1. The summed E-state index contributed by atoms with van der Waals surface area (Å²) in [6.45, 7) is 1.97. The topological polar surface area (TPSA) is 68.1 Å². The first-order valence-corrected chi connectivity index (χ1v) is 4.87. The monoisotopic (exact) mass is 220 g/mol. The maximum atomic E-state index is 10.7. The van der Waals surface area contributed by atoms with Crippen molar-refractivity contribution in [3.05, 3.63) is 45.7 Å². The number of benzene rings is 1. The van der Waals surface area contributed by atoms with Gasteiger partial charge in [0.05, 0.1) is 7.11 Å². The van der Waals surface area contributed by atoms with Crippen LogP contribution in [0.3, 0.4) is 0 Å². The average Bonchev–Trinajstić information content (AvgIpc) is 2.67. The standard InChI is InChI=1S/C11H12N2O3/c1-7-3-4-8(5-9(7)15-2)6-10-12-11(14)16-13-10/h3-5H,6H2,1-2H3,(H,12,13,14). The molecule has 84 valence electrons. The Morgan fingerprint density at radius 2 is 2.31 bits per heavy atom. The Morgan fingerprint density at radius 3 is 2.94 bits per heavy atom. The van der Waals surface area contributed by atoms with Crippen molar-refractivity contribution in [1.29, 1.82) is 0 Å². The lowest BCUT2D eigenvalue weighted by Crippen LogP contribution is -1.98. The van der Waals surface area contributed by atoms with E-state index in [0.29, 0.717) is 12.2 Å². The van der Waals surface area contributed by atoms with Crippen LogP contribution in [0, 0.1) is 6.92 Å². The maximum Gasteiger partial charge on any atom is 0.438 e. The fourth-order valence-corrected chi connectivity index (χ4v) is 1.50. The molecule has 1 aromatic carbocycles. The molecule has 1 aromatic heterocycles. The van der Waals surface area contributed by atoms with E-state index in [4.69, 9.17) is 4.74 Å². The fraction of sp³-hybridized carbons (Fsp3) is 0.273. The zero-order valence-corrected chi connectivity index (χ0v) is 9.11. The molecule has 0 fully saturated rings. The lowest BCUT2D eigenvalue weighted by Gasteiger charge is -2.06. The molecule has 0 aliphatic rings. The van der Waals surface area contributed by atoms with Crippen LogP contribution in [0.4, 0.5) is 0 Å². The molecular formula is C11H12N2O3. The largest absolute Gasteiger partial charge is 0.496 e. The SMILES string of the molecule is COc1cc(Cc2noc(=O)[nH]2)ccc1C. The molecule has 0 spiro atoms. The van der Waals surface area contributed by atoms with Crippen LogP contribution in [0.15, 0.2) is 27.5 Å². The second-order valence-electron chi connectivity index (χ2n) is 3.52. The molecule has 0 unspecified atom stereocenters. The first-order valence-electron chi connectivity index (χ1n) is 4.87. The van der Waals surface area contributed by atoms with Crippen molar-refractivity contribution in [2.45, 2.75) is 13.3 Å². The molecule has 16 heavy (non-hydrogen) atoms. The van der Waals surface area contributed by atoms with E-state index in [1.807, 2.05) is 25.1 Å². The molecule has 2 aromatic rings. The Kier molecular flexibility index (Phi) is 2.76. The van der Waals surface area contributed by atoms with Crippen molar-refractivity contribution in [2.75, 3.05) is 7.11 Å². The highest BCUT2D eigenvalue weighted by atomic mass is 16.5. The van der Waals surface area contributed by atoms with E-state index in [1.54, 1.807) is 7.11 Å². The van der Waals surface area contributed by atoms with Crippen molar-refractivity contribution in [2.24, 2.45) is 0 Å². The minimum Gasteiger partial charge on any atom is -0.496 e. The summed E-state index contributed by atoms with van der Waals surface area (Å²) in [6.07, 6.45) is 0.516. The Bertz CT molecular complexity index is 542. The first-order chi connectivity index (χ1) is 7.69. The van der Waals surface area contributed by atoms with Crippen LogP contribution in [0.5, 0.6) is 5.75 Å². The molecule has 5 nitrogen and oxygen atoms in total. The van der Waals surface area contributed by atoms with Crippen LogP contribution in [0.1, 0.15) is 17.0 Å². The molecule has 0 bridgehead atoms. The quantitative estimate of drug-likeness (QED) is 0.845. The van der Waals surface area contributed by atoms with Crippen LogP contribution < -0.4 is 10.5 Å². The Hall–Kier alpha value is -2.04. The average molecular weight is 220 g/mol. The van der Waals surface area contributed by atoms with Crippen molar-refractivity contribution in [1.82, 2.24) is 10.1 Å². The van der Waals surface area contributed by atoms with Crippen LogP contribution >= 0.6 is 0 Å². The van der Waals surface area contributed by atoms with Gasteiger partial charge in [0.1, 0.15) is 5.75 Å². The molecule has 0 amide bonds. The highest BCUT2D eigenvalue weighted by Crippen LogP contribution is 2.19. The Balaban J connectivity index is 2.25. The van der Waals surface area contributed by atoms with Crippen LogP contribution in [-0.2, 0) is 6.42 Å². The van der Waals surface area contributed by atoms with E-state index in [0.717, 1.165) is 16.9 Å². The van der Waals surface area contributed by atoms with Gasteiger partial charge in [0.15, 0.2) is 5.82 Å². The lowest BCUT2D eigenvalue weighted by atomic mass is 10.1. The molecule has 0 aliphatic carbocycles. The van der Waals surface area contributed by atoms with Crippen molar-refractivity contribution in [3.63, 3.8) is 0 Å². The number of nitrogens with one attached hydrogen (secondary N) is 1. The minimum absolute atomic E-state index is 0.510. The number of aromatic nitrogens is 2. The number of aryl methyl sites for hydroxylation is 1. The van der Waals surface area contributed by atoms with Crippen molar-refractivity contribution < 1.29 is 9.26 Å². The van der Waals surface area contributed by atoms with Gasteiger partial charge in [-0.2, -0.15) is 0 Å². The van der Waals surface area contributed by atoms with E-state index in [9.17, 15) is 4.79 Å². The summed E-state index contributed by atoms with van der Waals surface area (Å²) >= 11 is 0. The molecule has 1 heterocycles. The third-order valence-electron chi connectivity index (χ3n) is 2.33. The summed E-state index contributed by atoms with van der Waals surface area (Å²) in [7, 11) is 1.63. The van der Waals surface area contributed by atoms with E-state index < -0.39 is 5.76 Å². The van der Waals surface area contributed by atoms with Gasteiger partial charge in [-0.25, -0.2) is 4.79 Å². The molecular weight excluding hydrogens is 208 g/mol.